The number of carbonyl (C=O) groups excluding carboxylic acids is 3. The van der Waals surface area contributed by atoms with Crippen LogP contribution in [0.4, 0.5) is 0 Å². The lowest BCUT2D eigenvalue weighted by atomic mass is 9.94. The molecule has 0 aliphatic carbocycles. The number of ether oxygens (including phenoxy) is 3. The molecule has 0 aromatic heterocycles. The standard InChI is InChI=1S/C25H32N2O7.C3H10N2O/c1-15(16-6-7-18-11-19(31-5)9-8-17(18)10-16)22(28)34-20-12-21(23(29)32-14-33-26)27(13-20)24(30)25(2,3)4;1-5(2)4-6-3/h6-11,15,20-21H,12-14,26H2,1-5H3;4H,1-3H3/p+1. The molecule has 1 fully saturated rings. The topological polar surface area (TPSA) is 146 Å². The Labute approximate surface area is 235 Å². The smallest absolute Gasteiger partial charge is 0.331 e. The molecule has 1 saturated heterocycles. The van der Waals surface area contributed by atoms with Gasteiger partial charge in [0, 0.05) is 25.9 Å². The first-order chi connectivity index (χ1) is 18.8. The second-order valence-electron chi connectivity index (χ2n) is 10.8. The van der Waals surface area contributed by atoms with Crippen LogP contribution in [0.1, 0.15) is 45.6 Å². The molecule has 222 valence electrons. The molecule has 0 spiro atoms. The summed E-state index contributed by atoms with van der Waals surface area (Å²) in [6.45, 7) is 6.73. The van der Waals surface area contributed by atoms with Gasteiger partial charge in [-0.2, -0.15) is 4.84 Å². The number of hydrogen-bond acceptors (Lipinski definition) is 10. The molecule has 3 rings (SSSR count). The fourth-order valence-corrected chi connectivity index (χ4v) is 4.20. The molecule has 2 aromatic carbocycles. The summed E-state index contributed by atoms with van der Waals surface area (Å²) in [6, 6.07) is 10.6. The number of likely N-dealkylation sites (tertiary alicyclic amines) is 1. The van der Waals surface area contributed by atoms with E-state index >= 15 is 0 Å². The minimum atomic E-state index is -0.884. The van der Waals surface area contributed by atoms with Crippen LogP contribution in [0.2, 0.25) is 0 Å². The number of quaternary nitrogens is 1. The van der Waals surface area contributed by atoms with Crippen LogP contribution in [0.25, 0.3) is 10.8 Å². The van der Waals surface area contributed by atoms with E-state index in [1.165, 1.54) is 4.90 Å². The molecule has 0 saturated carbocycles. The average molecular weight is 564 g/mol. The van der Waals surface area contributed by atoms with Gasteiger partial charge in [-0.3, -0.25) is 14.4 Å². The van der Waals surface area contributed by atoms with Crippen LogP contribution < -0.4 is 16.2 Å². The van der Waals surface area contributed by atoms with Crippen molar-refractivity contribution in [3.8, 4) is 5.75 Å². The number of nitrogens with zero attached hydrogens (tertiary/aromatic N) is 2. The van der Waals surface area contributed by atoms with E-state index in [0.717, 1.165) is 22.1 Å². The fourth-order valence-electron chi connectivity index (χ4n) is 4.20. The first-order valence-corrected chi connectivity index (χ1v) is 12.9. The van der Waals surface area contributed by atoms with Gasteiger partial charge >= 0.3 is 11.9 Å². The summed E-state index contributed by atoms with van der Waals surface area (Å²) in [5.41, 5.74) is 1.71. The second-order valence-corrected chi connectivity index (χ2v) is 10.8. The van der Waals surface area contributed by atoms with Crippen LogP contribution in [-0.2, 0) is 33.5 Å². The van der Waals surface area contributed by atoms with Crippen LogP contribution in [0, 0.1) is 5.41 Å². The maximum Gasteiger partial charge on any atom is 0.331 e. The van der Waals surface area contributed by atoms with Gasteiger partial charge in [0.2, 0.25) is 12.7 Å². The number of carbonyl (C=O) groups is 3. The highest BCUT2D eigenvalue weighted by Crippen LogP contribution is 2.30. The molecule has 1 aliphatic rings. The summed E-state index contributed by atoms with van der Waals surface area (Å²) in [5, 5.41) is 3.81. The van der Waals surface area contributed by atoms with E-state index in [-0.39, 0.29) is 18.9 Å². The molecular formula is C28H43N4O8+. The summed E-state index contributed by atoms with van der Waals surface area (Å²) in [4.78, 5) is 48.7. The predicted octanol–water partition coefficient (Wildman–Crippen LogP) is 1.49. The Morgan fingerprint density at radius 1 is 1.10 bits per heavy atom. The monoisotopic (exact) mass is 563 g/mol. The zero-order valence-corrected chi connectivity index (χ0v) is 24.6. The van der Waals surface area contributed by atoms with Crippen molar-refractivity contribution in [2.45, 2.75) is 52.2 Å². The summed E-state index contributed by atoms with van der Waals surface area (Å²) >= 11 is 0. The van der Waals surface area contributed by atoms with Gasteiger partial charge < -0.3 is 19.1 Å². The molecule has 0 bridgehead atoms. The predicted molar refractivity (Wildman–Crippen MR) is 147 cm³/mol. The Hall–Kier alpha value is -3.29. The Kier molecular flexibility index (Phi) is 12.3. The van der Waals surface area contributed by atoms with E-state index in [4.69, 9.17) is 20.1 Å². The van der Waals surface area contributed by atoms with Gasteiger partial charge in [-0.05, 0) is 35.4 Å². The average Bonchev–Trinajstić information content (AvgIpc) is 3.33. The third-order valence-corrected chi connectivity index (χ3v) is 6.23. The van der Waals surface area contributed by atoms with Crippen molar-refractivity contribution in [2.75, 3.05) is 41.7 Å². The molecule has 4 N–H and O–H groups in total. The zero-order valence-electron chi connectivity index (χ0n) is 24.6. The van der Waals surface area contributed by atoms with Gasteiger partial charge in [0.05, 0.1) is 26.7 Å². The molecule has 40 heavy (non-hydrogen) atoms. The van der Waals surface area contributed by atoms with E-state index in [1.807, 2.05) is 55.5 Å². The maximum atomic E-state index is 13.0. The number of rotatable bonds is 9. The van der Waals surface area contributed by atoms with E-state index < -0.39 is 42.2 Å². The molecule has 2 aromatic rings. The van der Waals surface area contributed by atoms with Crippen LogP contribution in [0.3, 0.4) is 0 Å². The molecule has 3 atom stereocenters. The minimum absolute atomic E-state index is 0.106. The largest absolute Gasteiger partial charge is 0.497 e. The number of hydrogen-bond donors (Lipinski definition) is 2. The molecule has 0 radical (unpaired) electrons. The fraction of sp³-hybridized carbons (Fsp3) is 0.536. The lowest BCUT2D eigenvalue weighted by molar-refractivity contribution is -0.989. The third kappa shape index (κ3) is 9.14. The van der Waals surface area contributed by atoms with Crippen molar-refractivity contribution in [3.63, 3.8) is 0 Å². The normalized spacial score (nSPS) is 17.7. The Morgan fingerprint density at radius 3 is 2.30 bits per heavy atom. The van der Waals surface area contributed by atoms with Gasteiger partial charge in [-0.15, -0.1) is 10.6 Å². The quantitative estimate of drug-likeness (QED) is 0.199. The molecule has 1 amide bonds. The number of esters is 2. The summed E-state index contributed by atoms with van der Waals surface area (Å²) < 4.78 is 16.0. The molecule has 12 nitrogen and oxygen atoms in total. The van der Waals surface area contributed by atoms with Crippen molar-refractivity contribution >= 4 is 28.6 Å². The Morgan fingerprint density at radius 2 is 1.75 bits per heavy atom. The Bertz CT molecular complexity index is 1150. The van der Waals surface area contributed by atoms with Crippen LogP contribution in [0.5, 0.6) is 5.75 Å². The van der Waals surface area contributed by atoms with Gasteiger partial charge in [0.1, 0.15) is 17.9 Å². The van der Waals surface area contributed by atoms with E-state index in [9.17, 15) is 14.4 Å². The van der Waals surface area contributed by atoms with E-state index in [1.54, 1.807) is 47.5 Å². The third-order valence-electron chi connectivity index (χ3n) is 6.23. The van der Waals surface area contributed by atoms with Crippen LogP contribution in [0.15, 0.2) is 36.4 Å². The van der Waals surface area contributed by atoms with Gasteiger partial charge in [0.25, 0.3) is 0 Å². The van der Waals surface area contributed by atoms with Crippen LogP contribution >= 0.6 is 0 Å². The molecule has 3 unspecified atom stereocenters. The van der Waals surface area contributed by atoms with Crippen molar-refractivity contribution in [2.24, 2.45) is 11.3 Å². The summed E-state index contributed by atoms with van der Waals surface area (Å²) in [6.07, 6.45) is -0.497. The molecule has 12 heteroatoms. The van der Waals surface area contributed by atoms with E-state index in [2.05, 4.69) is 9.68 Å². The summed E-state index contributed by atoms with van der Waals surface area (Å²) in [7, 11) is 7.05. The van der Waals surface area contributed by atoms with Gasteiger partial charge in [-0.1, -0.05) is 45.0 Å². The van der Waals surface area contributed by atoms with Gasteiger partial charge in [0.15, 0.2) is 0 Å². The number of methoxy groups -OCH3 is 1. The highest BCUT2D eigenvalue weighted by molar-refractivity contribution is 5.89. The lowest BCUT2D eigenvalue weighted by Crippen LogP contribution is -2.90. The first kappa shape index (κ1) is 32.9. The first-order valence-electron chi connectivity index (χ1n) is 12.9. The van der Waals surface area contributed by atoms with Gasteiger partial charge in [-0.25, -0.2) is 10.7 Å². The number of amides is 1. The molecule has 1 aliphatic heterocycles. The van der Waals surface area contributed by atoms with Crippen molar-refractivity contribution < 1.29 is 43.9 Å². The second kappa shape index (κ2) is 14.9. The minimum Gasteiger partial charge on any atom is -0.497 e. The highest BCUT2D eigenvalue weighted by Gasteiger charge is 2.45. The highest BCUT2D eigenvalue weighted by atomic mass is 16.7. The summed E-state index contributed by atoms with van der Waals surface area (Å²) in [5.74, 6) is 3.84. The number of fused-ring (bicyclic) bond motifs is 1. The van der Waals surface area contributed by atoms with Crippen LogP contribution in [-0.4, -0.2) is 81.6 Å². The van der Waals surface area contributed by atoms with Crippen molar-refractivity contribution in [1.82, 2.24) is 9.91 Å². The number of benzene rings is 2. The molecule has 1 heterocycles. The van der Waals surface area contributed by atoms with Crippen molar-refractivity contribution in [3.05, 3.63) is 42.0 Å². The molecular weight excluding hydrogens is 520 g/mol. The van der Waals surface area contributed by atoms with E-state index in [0.29, 0.717) is 0 Å². The Balaban J connectivity index is 0.000000840. The SMILES string of the molecule is CO[NH2+]N(C)C.COc1ccc2cc(C(C)C(=O)OC3CC(C(=O)OCON)N(C(=O)C(C)(C)C)C3)ccc2c1. The lowest BCUT2D eigenvalue weighted by Gasteiger charge is -2.29. The number of nitrogens with two attached hydrogens (primary N) is 2. The maximum absolute atomic E-state index is 13.0. The van der Waals surface area contributed by atoms with Crippen molar-refractivity contribution in [1.29, 1.82) is 0 Å². The zero-order chi connectivity index (χ0) is 30.0.